The fourth-order valence-electron chi connectivity index (χ4n) is 3.90. The van der Waals surface area contributed by atoms with Crippen molar-refractivity contribution in [3.8, 4) is 11.1 Å². The summed E-state index contributed by atoms with van der Waals surface area (Å²) >= 11 is 6.05. The zero-order valence-electron chi connectivity index (χ0n) is 16.1. The summed E-state index contributed by atoms with van der Waals surface area (Å²) in [6, 6.07) is 17.3. The SMILES string of the molecule is Nc1ncc(-c2ccc(Cl)cc2)c(C2CCCCN2C(=O)Cc2ccccc2)n1. The maximum atomic E-state index is 13.2. The fourth-order valence-corrected chi connectivity index (χ4v) is 4.03. The number of anilines is 1. The predicted octanol–water partition coefficient (Wildman–Crippen LogP) is 4.68. The molecule has 1 aliphatic heterocycles. The number of nitrogens with two attached hydrogens (primary N) is 1. The molecular formula is C23H23ClN4O. The van der Waals surface area contributed by atoms with E-state index in [1.165, 1.54) is 0 Å². The van der Waals surface area contributed by atoms with E-state index in [0.717, 1.165) is 48.2 Å². The third-order valence-electron chi connectivity index (χ3n) is 5.33. The number of benzene rings is 2. The first kappa shape index (κ1) is 19.4. The molecule has 5 nitrogen and oxygen atoms in total. The van der Waals surface area contributed by atoms with Gasteiger partial charge < -0.3 is 10.6 Å². The van der Waals surface area contributed by atoms with Crippen LogP contribution >= 0.6 is 11.6 Å². The molecular weight excluding hydrogens is 384 g/mol. The maximum Gasteiger partial charge on any atom is 0.227 e. The van der Waals surface area contributed by atoms with Crippen LogP contribution in [0.25, 0.3) is 11.1 Å². The Kier molecular flexibility index (Phi) is 5.76. The van der Waals surface area contributed by atoms with Crippen LogP contribution in [0, 0.1) is 0 Å². The lowest BCUT2D eigenvalue weighted by Gasteiger charge is -2.36. The smallest absolute Gasteiger partial charge is 0.227 e. The van der Waals surface area contributed by atoms with Crippen molar-refractivity contribution in [1.82, 2.24) is 14.9 Å². The number of hydrogen-bond acceptors (Lipinski definition) is 4. The summed E-state index contributed by atoms with van der Waals surface area (Å²) in [6.45, 7) is 0.723. The fraction of sp³-hybridized carbons (Fsp3) is 0.261. The minimum absolute atomic E-state index is 0.111. The average Bonchev–Trinajstić information content (AvgIpc) is 2.75. The first-order chi connectivity index (χ1) is 14.1. The topological polar surface area (TPSA) is 72.1 Å². The molecule has 2 aromatic carbocycles. The van der Waals surface area contributed by atoms with Gasteiger partial charge in [-0.25, -0.2) is 9.97 Å². The van der Waals surface area contributed by atoms with Gasteiger partial charge >= 0.3 is 0 Å². The Morgan fingerprint density at radius 3 is 2.62 bits per heavy atom. The molecule has 1 amide bonds. The van der Waals surface area contributed by atoms with Gasteiger partial charge in [0.15, 0.2) is 0 Å². The number of carbonyl (C=O) groups is 1. The average molecular weight is 407 g/mol. The van der Waals surface area contributed by atoms with Crippen LogP contribution in [0.4, 0.5) is 5.95 Å². The van der Waals surface area contributed by atoms with Crippen LogP contribution in [0.5, 0.6) is 0 Å². The van der Waals surface area contributed by atoms with E-state index in [0.29, 0.717) is 11.4 Å². The zero-order chi connectivity index (χ0) is 20.2. The molecule has 0 bridgehead atoms. The lowest BCUT2D eigenvalue weighted by Crippen LogP contribution is -2.40. The van der Waals surface area contributed by atoms with Gasteiger partial charge in [-0.1, -0.05) is 54.1 Å². The van der Waals surface area contributed by atoms with Crippen LogP contribution < -0.4 is 5.73 Å². The summed E-state index contributed by atoms with van der Waals surface area (Å²) in [5, 5.41) is 0.670. The number of piperidine rings is 1. The summed E-state index contributed by atoms with van der Waals surface area (Å²) in [4.78, 5) is 23.9. The van der Waals surface area contributed by atoms with Crippen molar-refractivity contribution in [3.63, 3.8) is 0 Å². The molecule has 0 spiro atoms. The van der Waals surface area contributed by atoms with E-state index in [2.05, 4.69) is 9.97 Å². The Morgan fingerprint density at radius 1 is 1.10 bits per heavy atom. The molecule has 2 N–H and O–H groups in total. The van der Waals surface area contributed by atoms with Crippen molar-refractivity contribution in [2.45, 2.75) is 31.7 Å². The number of nitrogen functional groups attached to an aromatic ring is 1. The Hall–Kier alpha value is -2.92. The highest BCUT2D eigenvalue weighted by Gasteiger charge is 2.31. The van der Waals surface area contributed by atoms with Crippen molar-refractivity contribution in [1.29, 1.82) is 0 Å². The second-order valence-electron chi connectivity index (χ2n) is 7.30. The molecule has 4 rings (SSSR count). The summed E-state index contributed by atoms with van der Waals surface area (Å²) in [6.07, 6.45) is 5.03. The van der Waals surface area contributed by atoms with Crippen molar-refractivity contribution < 1.29 is 4.79 Å². The summed E-state index contributed by atoms with van der Waals surface area (Å²) in [7, 11) is 0. The number of carbonyl (C=O) groups excluding carboxylic acids is 1. The van der Waals surface area contributed by atoms with Crippen LogP contribution in [0.3, 0.4) is 0 Å². The van der Waals surface area contributed by atoms with E-state index in [4.69, 9.17) is 17.3 Å². The summed E-state index contributed by atoms with van der Waals surface area (Å²) in [5.74, 6) is 0.332. The molecule has 1 atom stereocenters. The van der Waals surface area contributed by atoms with Crippen LogP contribution in [0.15, 0.2) is 60.8 Å². The number of likely N-dealkylation sites (tertiary alicyclic amines) is 1. The Balaban J connectivity index is 1.68. The molecule has 6 heteroatoms. The standard InChI is InChI=1S/C23H23ClN4O/c24-18-11-9-17(10-12-18)19-15-26-23(25)27-22(19)20-8-4-5-13-28(20)21(29)14-16-6-2-1-3-7-16/h1-3,6-7,9-12,15,20H,4-5,8,13-14H2,(H2,25,26,27). The van der Waals surface area contributed by atoms with E-state index in [9.17, 15) is 4.79 Å². The molecule has 1 unspecified atom stereocenters. The Labute approximate surface area is 175 Å². The van der Waals surface area contributed by atoms with E-state index in [1.54, 1.807) is 6.20 Å². The number of rotatable bonds is 4. The number of halogens is 1. The summed E-state index contributed by atoms with van der Waals surface area (Å²) < 4.78 is 0. The normalized spacial score (nSPS) is 16.6. The van der Waals surface area contributed by atoms with Gasteiger partial charge in [-0.2, -0.15) is 0 Å². The van der Waals surface area contributed by atoms with E-state index in [1.807, 2.05) is 59.5 Å². The highest BCUT2D eigenvalue weighted by atomic mass is 35.5. The lowest BCUT2D eigenvalue weighted by molar-refractivity contribution is -0.134. The largest absolute Gasteiger partial charge is 0.368 e. The van der Waals surface area contributed by atoms with Gasteiger partial charge in [0.1, 0.15) is 0 Å². The first-order valence-electron chi connectivity index (χ1n) is 9.83. The van der Waals surface area contributed by atoms with Gasteiger partial charge in [-0.15, -0.1) is 0 Å². The third kappa shape index (κ3) is 4.40. The van der Waals surface area contributed by atoms with Gasteiger partial charge in [0, 0.05) is 23.3 Å². The molecule has 0 saturated carbocycles. The van der Waals surface area contributed by atoms with Gasteiger partial charge in [0.2, 0.25) is 11.9 Å². The molecule has 1 aliphatic rings. The van der Waals surface area contributed by atoms with E-state index in [-0.39, 0.29) is 17.9 Å². The minimum atomic E-state index is -0.115. The maximum absolute atomic E-state index is 13.2. The van der Waals surface area contributed by atoms with Crippen LogP contribution in [-0.4, -0.2) is 27.3 Å². The van der Waals surface area contributed by atoms with Gasteiger partial charge in [-0.3, -0.25) is 4.79 Å². The van der Waals surface area contributed by atoms with E-state index >= 15 is 0 Å². The number of amides is 1. The second kappa shape index (κ2) is 8.62. The van der Waals surface area contributed by atoms with Crippen LogP contribution in [0.2, 0.25) is 5.02 Å². The van der Waals surface area contributed by atoms with Crippen molar-refractivity contribution in [2.24, 2.45) is 0 Å². The third-order valence-corrected chi connectivity index (χ3v) is 5.58. The Morgan fingerprint density at radius 2 is 1.86 bits per heavy atom. The monoisotopic (exact) mass is 406 g/mol. The highest BCUT2D eigenvalue weighted by Crippen LogP contribution is 2.36. The number of aromatic nitrogens is 2. The molecule has 1 aromatic heterocycles. The summed E-state index contributed by atoms with van der Waals surface area (Å²) in [5.41, 5.74) is 9.61. The number of hydrogen-bond donors (Lipinski definition) is 1. The highest BCUT2D eigenvalue weighted by molar-refractivity contribution is 6.30. The number of nitrogens with zero attached hydrogens (tertiary/aromatic N) is 3. The van der Waals surface area contributed by atoms with Gasteiger partial charge in [0.05, 0.1) is 18.2 Å². The molecule has 29 heavy (non-hydrogen) atoms. The zero-order valence-corrected chi connectivity index (χ0v) is 16.8. The van der Waals surface area contributed by atoms with Crippen LogP contribution in [0.1, 0.15) is 36.6 Å². The first-order valence-corrected chi connectivity index (χ1v) is 10.2. The van der Waals surface area contributed by atoms with Crippen molar-refractivity contribution in [2.75, 3.05) is 12.3 Å². The van der Waals surface area contributed by atoms with Crippen LogP contribution in [-0.2, 0) is 11.2 Å². The molecule has 148 valence electrons. The quantitative estimate of drug-likeness (QED) is 0.683. The Bertz CT molecular complexity index is 992. The van der Waals surface area contributed by atoms with Gasteiger partial charge in [-0.05, 0) is 42.5 Å². The molecule has 1 fully saturated rings. The van der Waals surface area contributed by atoms with Gasteiger partial charge in [0.25, 0.3) is 0 Å². The molecule has 0 radical (unpaired) electrons. The van der Waals surface area contributed by atoms with Crippen molar-refractivity contribution in [3.05, 3.63) is 77.1 Å². The van der Waals surface area contributed by atoms with E-state index < -0.39 is 0 Å². The molecule has 0 aliphatic carbocycles. The molecule has 2 heterocycles. The lowest BCUT2D eigenvalue weighted by atomic mass is 9.93. The molecule has 3 aromatic rings. The van der Waals surface area contributed by atoms with Crippen molar-refractivity contribution >= 4 is 23.5 Å². The predicted molar refractivity (Wildman–Crippen MR) is 115 cm³/mol. The minimum Gasteiger partial charge on any atom is -0.368 e. The second-order valence-corrected chi connectivity index (χ2v) is 7.73. The molecule has 1 saturated heterocycles.